The van der Waals surface area contributed by atoms with Crippen molar-refractivity contribution in [3.05, 3.63) is 29.7 Å². The highest BCUT2D eigenvalue weighted by Crippen LogP contribution is 2.08. The number of piperazine rings is 1. The van der Waals surface area contributed by atoms with Crippen LogP contribution < -0.4 is 5.32 Å². The maximum Gasteiger partial charge on any atom is 0.155 e. The first-order valence-corrected chi connectivity index (χ1v) is 6.45. The van der Waals surface area contributed by atoms with Crippen molar-refractivity contribution >= 4 is 5.65 Å². The standard InChI is InChI=1S/C13H19N5/c1-10-4-3-5-13-15-12(16-18(10)13)8-11-9-17(2)7-6-14-11/h3-5,11,14H,6-9H2,1-2H3. The van der Waals surface area contributed by atoms with Crippen molar-refractivity contribution in [3.63, 3.8) is 0 Å². The Morgan fingerprint density at radius 2 is 2.33 bits per heavy atom. The molecule has 5 nitrogen and oxygen atoms in total. The van der Waals surface area contributed by atoms with Crippen LogP contribution in [0.15, 0.2) is 18.2 Å². The number of hydrogen-bond donors (Lipinski definition) is 1. The fourth-order valence-corrected chi connectivity index (χ4v) is 2.52. The molecule has 0 aliphatic carbocycles. The molecule has 3 rings (SSSR count). The van der Waals surface area contributed by atoms with E-state index in [9.17, 15) is 0 Å². The van der Waals surface area contributed by atoms with E-state index in [0.29, 0.717) is 6.04 Å². The van der Waals surface area contributed by atoms with E-state index >= 15 is 0 Å². The maximum atomic E-state index is 4.59. The monoisotopic (exact) mass is 245 g/mol. The van der Waals surface area contributed by atoms with Crippen molar-refractivity contribution in [2.45, 2.75) is 19.4 Å². The van der Waals surface area contributed by atoms with E-state index in [1.807, 2.05) is 16.6 Å². The lowest BCUT2D eigenvalue weighted by molar-refractivity contribution is 0.236. The fraction of sp³-hybridized carbons (Fsp3) is 0.538. The smallest absolute Gasteiger partial charge is 0.155 e. The second kappa shape index (κ2) is 4.66. The number of nitrogens with one attached hydrogen (secondary N) is 1. The Morgan fingerprint density at radius 3 is 3.11 bits per heavy atom. The van der Waals surface area contributed by atoms with Gasteiger partial charge in [-0.15, -0.1) is 0 Å². The summed E-state index contributed by atoms with van der Waals surface area (Å²) in [5.74, 6) is 0.928. The molecule has 1 aliphatic rings. The Hall–Kier alpha value is -1.46. The van der Waals surface area contributed by atoms with Gasteiger partial charge in [-0.1, -0.05) is 6.07 Å². The van der Waals surface area contributed by atoms with E-state index < -0.39 is 0 Å². The highest BCUT2D eigenvalue weighted by Gasteiger charge is 2.18. The van der Waals surface area contributed by atoms with Gasteiger partial charge in [0.05, 0.1) is 0 Å². The lowest BCUT2D eigenvalue weighted by atomic mass is 10.1. The van der Waals surface area contributed by atoms with E-state index in [1.54, 1.807) is 0 Å². The zero-order valence-electron chi connectivity index (χ0n) is 10.9. The molecule has 5 heteroatoms. The van der Waals surface area contributed by atoms with Gasteiger partial charge in [-0.3, -0.25) is 0 Å². The minimum absolute atomic E-state index is 0.460. The summed E-state index contributed by atoms with van der Waals surface area (Å²) in [4.78, 5) is 6.94. The molecule has 0 bridgehead atoms. The summed E-state index contributed by atoms with van der Waals surface area (Å²) in [6, 6.07) is 6.54. The van der Waals surface area contributed by atoms with Gasteiger partial charge in [-0.05, 0) is 26.1 Å². The summed E-state index contributed by atoms with van der Waals surface area (Å²) < 4.78 is 1.92. The van der Waals surface area contributed by atoms with Gasteiger partial charge in [-0.2, -0.15) is 5.10 Å². The molecule has 2 aromatic rings. The third-order valence-corrected chi connectivity index (χ3v) is 3.48. The normalized spacial score (nSPS) is 21.6. The average molecular weight is 245 g/mol. The van der Waals surface area contributed by atoms with Crippen LogP contribution >= 0.6 is 0 Å². The molecular formula is C13H19N5. The number of aryl methyl sites for hydroxylation is 1. The van der Waals surface area contributed by atoms with Crippen molar-refractivity contribution in [1.29, 1.82) is 0 Å². The molecule has 0 aromatic carbocycles. The Labute approximate surface area is 107 Å². The van der Waals surface area contributed by atoms with Gasteiger partial charge in [0.2, 0.25) is 0 Å². The minimum Gasteiger partial charge on any atom is -0.311 e. The summed E-state index contributed by atoms with van der Waals surface area (Å²) in [5, 5.41) is 8.10. The second-order valence-corrected chi connectivity index (χ2v) is 5.08. The van der Waals surface area contributed by atoms with E-state index in [4.69, 9.17) is 0 Å². The molecular weight excluding hydrogens is 226 g/mol. The number of fused-ring (bicyclic) bond motifs is 1. The average Bonchev–Trinajstić information content (AvgIpc) is 2.73. The summed E-state index contributed by atoms with van der Waals surface area (Å²) in [6.45, 7) is 5.29. The Morgan fingerprint density at radius 1 is 1.44 bits per heavy atom. The highest BCUT2D eigenvalue weighted by atomic mass is 15.3. The maximum absolute atomic E-state index is 4.59. The third-order valence-electron chi connectivity index (χ3n) is 3.48. The van der Waals surface area contributed by atoms with Crippen molar-refractivity contribution in [2.75, 3.05) is 26.7 Å². The highest BCUT2D eigenvalue weighted by molar-refractivity contribution is 5.38. The molecule has 1 N–H and O–H groups in total. The van der Waals surface area contributed by atoms with Gasteiger partial charge >= 0.3 is 0 Å². The predicted molar refractivity (Wildman–Crippen MR) is 70.7 cm³/mol. The largest absolute Gasteiger partial charge is 0.311 e. The van der Waals surface area contributed by atoms with E-state index in [0.717, 1.165) is 43.2 Å². The van der Waals surface area contributed by atoms with Crippen LogP contribution in [0, 0.1) is 6.92 Å². The van der Waals surface area contributed by atoms with Crippen LogP contribution in [-0.2, 0) is 6.42 Å². The second-order valence-electron chi connectivity index (χ2n) is 5.08. The Bertz CT molecular complexity index is 547. The van der Waals surface area contributed by atoms with Crippen LogP contribution in [0.25, 0.3) is 5.65 Å². The van der Waals surface area contributed by atoms with Crippen LogP contribution in [0.5, 0.6) is 0 Å². The molecule has 3 heterocycles. The van der Waals surface area contributed by atoms with Crippen LogP contribution in [0.4, 0.5) is 0 Å². The van der Waals surface area contributed by atoms with Crippen molar-refractivity contribution in [1.82, 2.24) is 24.8 Å². The zero-order chi connectivity index (χ0) is 12.5. The lowest BCUT2D eigenvalue weighted by Gasteiger charge is -2.30. The van der Waals surface area contributed by atoms with E-state index in [2.05, 4.69) is 40.3 Å². The summed E-state index contributed by atoms with van der Waals surface area (Å²) in [5.41, 5.74) is 2.06. The molecule has 96 valence electrons. The minimum atomic E-state index is 0.460. The molecule has 1 fully saturated rings. The zero-order valence-corrected chi connectivity index (χ0v) is 10.9. The lowest BCUT2D eigenvalue weighted by Crippen LogP contribution is -2.50. The van der Waals surface area contributed by atoms with Crippen LogP contribution in [0.3, 0.4) is 0 Å². The molecule has 0 spiro atoms. The molecule has 0 amide bonds. The van der Waals surface area contributed by atoms with E-state index in [1.165, 1.54) is 0 Å². The summed E-state index contributed by atoms with van der Waals surface area (Å²) in [6.07, 6.45) is 0.894. The number of likely N-dealkylation sites (N-methyl/N-ethyl adjacent to an activating group) is 1. The quantitative estimate of drug-likeness (QED) is 0.836. The first kappa shape index (κ1) is 11.6. The van der Waals surface area contributed by atoms with Crippen molar-refractivity contribution in [2.24, 2.45) is 0 Å². The molecule has 2 aromatic heterocycles. The number of hydrogen-bond acceptors (Lipinski definition) is 4. The molecule has 1 atom stereocenters. The molecule has 1 aliphatic heterocycles. The number of rotatable bonds is 2. The molecule has 0 radical (unpaired) electrons. The van der Waals surface area contributed by atoms with Gasteiger partial charge < -0.3 is 10.2 Å². The SMILES string of the molecule is Cc1cccc2nc(CC3CN(C)CCN3)nn12. The molecule has 18 heavy (non-hydrogen) atoms. The van der Waals surface area contributed by atoms with E-state index in [-0.39, 0.29) is 0 Å². The van der Waals surface area contributed by atoms with Crippen molar-refractivity contribution < 1.29 is 0 Å². The van der Waals surface area contributed by atoms with Crippen LogP contribution in [-0.4, -0.2) is 52.2 Å². The Kier molecular flexibility index (Phi) is 3.01. The molecule has 1 saturated heterocycles. The van der Waals surface area contributed by atoms with Crippen molar-refractivity contribution in [3.8, 4) is 0 Å². The van der Waals surface area contributed by atoms with Gasteiger partial charge in [0.15, 0.2) is 11.5 Å². The number of aromatic nitrogens is 3. The molecule has 0 saturated carbocycles. The summed E-state index contributed by atoms with van der Waals surface area (Å²) >= 11 is 0. The van der Waals surface area contributed by atoms with Gasteiger partial charge in [0, 0.05) is 37.8 Å². The summed E-state index contributed by atoms with van der Waals surface area (Å²) in [7, 11) is 2.16. The Balaban J connectivity index is 1.80. The van der Waals surface area contributed by atoms with Gasteiger partial charge in [0.25, 0.3) is 0 Å². The molecule has 1 unspecified atom stereocenters. The first-order valence-electron chi connectivity index (χ1n) is 6.45. The first-order chi connectivity index (χ1) is 8.72. The number of pyridine rings is 1. The number of nitrogens with zero attached hydrogens (tertiary/aromatic N) is 4. The fourth-order valence-electron chi connectivity index (χ4n) is 2.52. The van der Waals surface area contributed by atoms with Crippen LogP contribution in [0.2, 0.25) is 0 Å². The van der Waals surface area contributed by atoms with Gasteiger partial charge in [0.1, 0.15) is 0 Å². The predicted octanol–water partition coefficient (Wildman–Crippen LogP) is 0.484. The topological polar surface area (TPSA) is 45.5 Å². The van der Waals surface area contributed by atoms with Gasteiger partial charge in [-0.25, -0.2) is 9.50 Å². The van der Waals surface area contributed by atoms with Crippen LogP contribution in [0.1, 0.15) is 11.5 Å². The third kappa shape index (κ3) is 2.23.